The third-order valence-corrected chi connectivity index (χ3v) is 4.69. The normalized spacial score (nSPS) is 12.4. The second kappa shape index (κ2) is 6.85. The summed E-state index contributed by atoms with van der Waals surface area (Å²) >= 11 is 0. The monoisotopic (exact) mass is 358 g/mol. The Morgan fingerprint density at radius 1 is 0.926 bits per heavy atom. The van der Waals surface area contributed by atoms with Crippen LogP contribution in [0.25, 0.3) is 21.8 Å². The van der Waals surface area contributed by atoms with Crippen molar-refractivity contribution in [1.82, 2.24) is 9.97 Å². The van der Waals surface area contributed by atoms with E-state index in [1.165, 1.54) is 7.11 Å². The van der Waals surface area contributed by atoms with E-state index in [1.807, 2.05) is 43.3 Å². The molecule has 0 spiro atoms. The highest BCUT2D eigenvalue weighted by atomic mass is 16.5. The first-order chi connectivity index (χ1) is 13.1. The number of aryl methyl sites for hydroxylation is 1. The van der Waals surface area contributed by atoms with E-state index in [0.717, 1.165) is 27.5 Å². The molecule has 0 bridgehead atoms. The largest absolute Gasteiger partial charge is 0.870 e. The predicted molar refractivity (Wildman–Crippen MR) is 101 cm³/mol. The first-order valence-electron chi connectivity index (χ1n) is 8.72. The number of methoxy groups -OCH3 is 1. The van der Waals surface area contributed by atoms with Crippen LogP contribution in [0.4, 0.5) is 0 Å². The number of aromatic nitrogens is 2. The van der Waals surface area contributed by atoms with Crippen LogP contribution in [0.5, 0.6) is 11.5 Å². The van der Waals surface area contributed by atoms with Gasteiger partial charge in [-0.15, -0.1) is 0 Å². The summed E-state index contributed by atoms with van der Waals surface area (Å²) in [6.07, 6.45) is -1.08. The molecule has 4 rings (SSSR count). The summed E-state index contributed by atoms with van der Waals surface area (Å²) in [7, 11) is 1.42. The van der Waals surface area contributed by atoms with Gasteiger partial charge in [-0.05, 0) is 31.5 Å². The first-order valence-corrected chi connectivity index (χ1v) is 8.72. The molecule has 27 heavy (non-hydrogen) atoms. The van der Waals surface area contributed by atoms with E-state index < -0.39 is 6.10 Å². The Morgan fingerprint density at radius 2 is 1.59 bits per heavy atom. The van der Waals surface area contributed by atoms with Crippen LogP contribution >= 0.6 is 0 Å². The summed E-state index contributed by atoms with van der Waals surface area (Å²) in [4.78, 5) is 9.30. The summed E-state index contributed by atoms with van der Waals surface area (Å²) < 4.78 is 5.03. The molecule has 0 saturated heterocycles. The summed E-state index contributed by atoms with van der Waals surface area (Å²) in [5, 5.41) is 27.0. The van der Waals surface area contributed by atoms with Gasteiger partial charge in [0.05, 0.1) is 18.1 Å². The molecule has 0 aliphatic carbocycles. The molecule has 0 saturated carbocycles. The van der Waals surface area contributed by atoms with Crippen LogP contribution in [0.15, 0.2) is 54.6 Å². The van der Waals surface area contributed by atoms with Gasteiger partial charge in [-0.2, -0.15) is 0 Å². The standard InChI is InChI=1S/C22H19N2O3/c1-13-6-7-14-8-9-15-10-11-16(24-21(15)20(14)23-13)12-18(25)17-4-3-5-19(27-2)22(17)26/h3-11,18,26H,12H2,1-2H3/q-1/p-1. The Balaban J connectivity index is 1.74. The maximum absolute atomic E-state index is 12.7. The van der Waals surface area contributed by atoms with Gasteiger partial charge in [-0.25, -0.2) is 0 Å². The minimum atomic E-state index is -1.21. The molecule has 0 amide bonds. The van der Waals surface area contributed by atoms with Gasteiger partial charge in [0.15, 0.2) is 0 Å². The van der Waals surface area contributed by atoms with Crippen molar-refractivity contribution >= 4 is 21.8 Å². The third kappa shape index (κ3) is 3.17. The van der Waals surface area contributed by atoms with Crippen molar-refractivity contribution in [3.63, 3.8) is 0 Å². The minimum absolute atomic E-state index is 0.126. The van der Waals surface area contributed by atoms with E-state index in [0.29, 0.717) is 5.69 Å². The van der Waals surface area contributed by atoms with Gasteiger partial charge in [-0.1, -0.05) is 53.8 Å². The lowest BCUT2D eigenvalue weighted by atomic mass is 10.0. The second-order valence-electron chi connectivity index (χ2n) is 6.54. The molecule has 2 heterocycles. The lowest BCUT2D eigenvalue weighted by Crippen LogP contribution is -2.20. The fourth-order valence-electron chi connectivity index (χ4n) is 3.27. The van der Waals surface area contributed by atoms with E-state index in [-0.39, 0.29) is 23.5 Å². The molecule has 5 heteroatoms. The Hall–Kier alpha value is -3.18. The van der Waals surface area contributed by atoms with Crippen LogP contribution < -0.4 is 14.9 Å². The van der Waals surface area contributed by atoms with Crippen molar-refractivity contribution in [2.24, 2.45) is 0 Å². The molecule has 1 atom stereocenters. The zero-order valence-electron chi connectivity index (χ0n) is 15.1. The highest BCUT2D eigenvalue weighted by Gasteiger charge is 2.09. The summed E-state index contributed by atoms with van der Waals surface area (Å²) in [6.45, 7) is 1.94. The molecular formula is C22H18N2O3-2. The maximum Gasteiger partial charge on any atom is 0.111 e. The molecule has 2 aromatic heterocycles. The zero-order chi connectivity index (χ0) is 19.0. The third-order valence-electron chi connectivity index (χ3n) is 4.69. The van der Waals surface area contributed by atoms with Crippen LogP contribution in [0.3, 0.4) is 0 Å². The van der Waals surface area contributed by atoms with Crippen molar-refractivity contribution in [1.29, 1.82) is 0 Å². The summed E-state index contributed by atoms with van der Waals surface area (Å²) in [6, 6.07) is 16.5. The van der Waals surface area contributed by atoms with Crippen molar-refractivity contribution in [3.05, 3.63) is 71.5 Å². The van der Waals surface area contributed by atoms with Crippen LogP contribution in [0.1, 0.15) is 23.1 Å². The molecule has 0 aliphatic rings. The van der Waals surface area contributed by atoms with E-state index in [1.54, 1.807) is 18.2 Å². The molecule has 136 valence electrons. The highest BCUT2D eigenvalue weighted by molar-refractivity contribution is 6.02. The quantitative estimate of drug-likeness (QED) is 0.524. The van der Waals surface area contributed by atoms with Gasteiger partial charge in [-0.3, -0.25) is 9.97 Å². The number of benzene rings is 2. The van der Waals surface area contributed by atoms with Gasteiger partial charge in [0.1, 0.15) is 5.75 Å². The van der Waals surface area contributed by atoms with E-state index in [9.17, 15) is 10.2 Å². The number of rotatable bonds is 4. The van der Waals surface area contributed by atoms with Crippen molar-refractivity contribution in [3.8, 4) is 11.5 Å². The molecule has 1 unspecified atom stereocenters. The SMILES string of the molecule is COc1cccc(C([O-])Cc2ccc3ccc4ccc(C)nc4c3n2)c1[O-]. The summed E-state index contributed by atoms with van der Waals surface area (Å²) in [5.41, 5.74) is 3.34. The molecule has 5 nitrogen and oxygen atoms in total. The number of hydrogen-bond acceptors (Lipinski definition) is 5. The Kier molecular flexibility index (Phi) is 4.38. The smallest absolute Gasteiger partial charge is 0.111 e. The molecule has 0 radical (unpaired) electrons. The van der Waals surface area contributed by atoms with E-state index in [4.69, 9.17) is 4.74 Å². The van der Waals surface area contributed by atoms with Crippen LogP contribution in [-0.4, -0.2) is 17.1 Å². The fourth-order valence-corrected chi connectivity index (χ4v) is 3.27. The van der Waals surface area contributed by atoms with Crippen LogP contribution in [0, 0.1) is 6.92 Å². The Morgan fingerprint density at radius 3 is 2.33 bits per heavy atom. The molecule has 0 fully saturated rings. The number of nitrogens with zero attached hydrogens (tertiary/aromatic N) is 2. The minimum Gasteiger partial charge on any atom is -0.870 e. The lowest BCUT2D eigenvalue weighted by molar-refractivity contribution is -0.428. The number of hydrogen-bond donors (Lipinski definition) is 0. The van der Waals surface area contributed by atoms with Gasteiger partial charge in [0.2, 0.25) is 0 Å². The molecule has 2 aromatic carbocycles. The zero-order valence-corrected chi connectivity index (χ0v) is 15.1. The lowest BCUT2D eigenvalue weighted by Gasteiger charge is -2.28. The Bertz CT molecular complexity index is 1140. The number of fused-ring (bicyclic) bond motifs is 3. The average molecular weight is 358 g/mol. The van der Waals surface area contributed by atoms with E-state index >= 15 is 0 Å². The Labute approximate surface area is 156 Å². The van der Waals surface area contributed by atoms with Gasteiger partial charge in [0, 0.05) is 22.2 Å². The second-order valence-corrected chi connectivity index (χ2v) is 6.54. The maximum atomic E-state index is 12.7. The van der Waals surface area contributed by atoms with Crippen LogP contribution in [0.2, 0.25) is 0 Å². The topological polar surface area (TPSA) is 81.1 Å². The first kappa shape index (κ1) is 17.2. The number of pyridine rings is 2. The van der Waals surface area contributed by atoms with Gasteiger partial charge >= 0.3 is 0 Å². The highest BCUT2D eigenvalue weighted by Crippen LogP contribution is 2.31. The molecular weight excluding hydrogens is 340 g/mol. The van der Waals surface area contributed by atoms with Crippen LogP contribution in [-0.2, 0) is 6.42 Å². The predicted octanol–water partition coefficient (Wildman–Crippen LogP) is 2.82. The van der Waals surface area contributed by atoms with E-state index in [2.05, 4.69) is 9.97 Å². The van der Waals surface area contributed by atoms with Gasteiger partial charge in [0.25, 0.3) is 0 Å². The molecule has 0 N–H and O–H groups in total. The number of ether oxygens (including phenoxy) is 1. The van der Waals surface area contributed by atoms with Crippen molar-refractivity contribution in [2.75, 3.05) is 7.11 Å². The number of para-hydroxylation sites is 1. The average Bonchev–Trinajstić information content (AvgIpc) is 2.68. The van der Waals surface area contributed by atoms with Gasteiger partial charge < -0.3 is 14.9 Å². The molecule has 4 aromatic rings. The fraction of sp³-hybridized carbons (Fsp3) is 0.182. The molecule has 0 aliphatic heterocycles. The summed E-state index contributed by atoms with van der Waals surface area (Å²) in [5.74, 6) is -0.172. The van der Waals surface area contributed by atoms with Crippen molar-refractivity contribution in [2.45, 2.75) is 19.4 Å². The van der Waals surface area contributed by atoms with Crippen molar-refractivity contribution < 1.29 is 14.9 Å².